The Labute approximate surface area is 112 Å². The number of benzene rings is 1. The van der Waals surface area contributed by atoms with Gasteiger partial charge in [-0.15, -0.1) is 0 Å². The van der Waals surface area contributed by atoms with Crippen LogP contribution in [0.15, 0.2) is 57.9 Å². The predicted molar refractivity (Wildman–Crippen MR) is 71.3 cm³/mol. The minimum absolute atomic E-state index is 0.0874. The largest absolute Gasteiger partial charge is 0.223 e. The van der Waals surface area contributed by atoms with Gasteiger partial charge in [0.25, 0.3) is 0 Å². The van der Waals surface area contributed by atoms with Crippen molar-refractivity contribution in [3.63, 3.8) is 0 Å². The summed E-state index contributed by atoms with van der Waals surface area (Å²) >= 11 is 0. The second-order valence-corrected chi connectivity index (χ2v) is 8.88. The average molecular weight is 296 g/mol. The van der Waals surface area contributed by atoms with Crippen LogP contribution in [0, 0.1) is 0 Å². The highest BCUT2D eigenvalue weighted by atomic mass is 32.2. The fourth-order valence-corrected chi connectivity index (χ4v) is 7.47. The van der Waals surface area contributed by atoms with E-state index in [1.165, 1.54) is 24.3 Å². The van der Waals surface area contributed by atoms with Gasteiger partial charge in [-0.05, 0) is 19.1 Å². The van der Waals surface area contributed by atoms with Crippen molar-refractivity contribution in [3.05, 3.63) is 48.1 Å². The molecule has 19 heavy (non-hydrogen) atoms. The maximum absolute atomic E-state index is 12.5. The van der Waals surface area contributed by atoms with E-state index in [2.05, 4.69) is 0 Å². The smallest absolute Gasteiger partial charge is 0.187 e. The van der Waals surface area contributed by atoms with Gasteiger partial charge in [0.2, 0.25) is 0 Å². The van der Waals surface area contributed by atoms with Crippen molar-refractivity contribution >= 4 is 19.7 Å². The topological polar surface area (TPSA) is 68.3 Å². The van der Waals surface area contributed by atoms with E-state index in [0.29, 0.717) is 0 Å². The van der Waals surface area contributed by atoms with E-state index >= 15 is 0 Å². The fraction of sp³-hybridized carbons (Fsp3) is 0.231. The molecule has 4 nitrogen and oxygen atoms in total. The molecule has 100 valence electrons. The number of sulfone groups is 2. The van der Waals surface area contributed by atoms with Gasteiger partial charge >= 0.3 is 0 Å². The lowest BCUT2D eigenvalue weighted by Crippen LogP contribution is -2.43. The van der Waals surface area contributed by atoms with Gasteiger partial charge in [0.1, 0.15) is 10.5 Å². The molecule has 1 aromatic carbocycles. The van der Waals surface area contributed by atoms with Gasteiger partial charge < -0.3 is 0 Å². The normalized spacial score (nSPS) is 30.1. The maximum Gasteiger partial charge on any atom is 0.187 e. The van der Waals surface area contributed by atoms with E-state index in [4.69, 9.17) is 0 Å². The Bertz CT molecular complexity index is 814. The highest BCUT2D eigenvalue weighted by Gasteiger charge is 2.48. The fourth-order valence-electron chi connectivity index (χ4n) is 2.53. The molecule has 0 N–H and O–H groups in total. The molecule has 0 amide bonds. The summed E-state index contributed by atoms with van der Waals surface area (Å²) < 4.78 is 50.0. The first kappa shape index (κ1) is 12.6. The van der Waals surface area contributed by atoms with Gasteiger partial charge in [-0.3, -0.25) is 0 Å². The summed E-state index contributed by atoms with van der Waals surface area (Å²) in [5, 5.41) is -2.03. The highest BCUT2D eigenvalue weighted by Crippen LogP contribution is 2.39. The molecule has 1 aliphatic carbocycles. The molecule has 2 atom stereocenters. The van der Waals surface area contributed by atoms with E-state index in [-0.39, 0.29) is 9.79 Å². The first-order chi connectivity index (χ1) is 8.85. The second-order valence-electron chi connectivity index (χ2n) is 4.74. The molecule has 0 radical (unpaired) electrons. The number of rotatable bonds is 0. The average Bonchev–Trinajstić information content (AvgIpc) is 2.37. The van der Waals surface area contributed by atoms with E-state index in [0.717, 1.165) is 5.57 Å². The van der Waals surface area contributed by atoms with E-state index < -0.39 is 30.2 Å². The summed E-state index contributed by atoms with van der Waals surface area (Å²) in [6.07, 6.45) is 4.65. The van der Waals surface area contributed by atoms with E-state index in [1.807, 2.05) is 0 Å². The molecule has 6 heteroatoms. The van der Waals surface area contributed by atoms with E-state index in [1.54, 1.807) is 25.1 Å². The van der Waals surface area contributed by atoms with Crippen molar-refractivity contribution in [2.75, 3.05) is 0 Å². The number of fused-ring (bicyclic) bond motifs is 2. The standard InChI is InChI=1S/C13H12O4S2/c1-9-6-7-12-13(8-9)19(16,17)11-5-3-2-4-10(11)18(12,14)15/h2-8,12-13H,1H3. The van der Waals surface area contributed by atoms with Crippen molar-refractivity contribution in [1.29, 1.82) is 0 Å². The third kappa shape index (κ3) is 1.63. The summed E-state index contributed by atoms with van der Waals surface area (Å²) in [6, 6.07) is 5.80. The third-order valence-corrected chi connectivity index (χ3v) is 8.03. The first-order valence-corrected chi connectivity index (χ1v) is 8.88. The van der Waals surface area contributed by atoms with Crippen LogP contribution in [-0.4, -0.2) is 27.3 Å². The molecule has 1 heterocycles. The molecule has 0 aromatic heterocycles. The van der Waals surface area contributed by atoms with Crippen LogP contribution in [0.4, 0.5) is 0 Å². The van der Waals surface area contributed by atoms with Crippen molar-refractivity contribution in [2.24, 2.45) is 0 Å². The zero-order chi connectivity index (χ0) is 13.8. The number of allylic oxidation sites excluding steroid dienone is 2. The van der Waals surface area contributed by atoms with Gasteiger partial charge in [-0.1, -0.05) is 35.9 Å². The lowest BCUT2D eigenvalue weighted by Gasteiger charge is -2.31. The molecular weight excluding hydrogens is 284 g/mol. The Morgan fingerprint density at radius 2 is 1.42 bits per heavy atom. The quantitative estimate of drug-likeness (QED) is 0.727. The number of hydrogen-bond donors (Lipinski definition) is 0. The van der Waals surface area contributed by atoms with Gasteiger partial charge in [-0.25, -0.2) is 16.8 Å². The van der Waals surface area contributed by atoms with Crippen molar-refractivity contribution in [3.8, 4) is 0 Å². The van der Waals surface area contributed by atoms with Crippen molar-refractivity contribution < 1.29 is 16.8 Å². The summed E-state index contributed by atoms with van der Waals surface area (Å²) in [5.41, 5.74) is 0.763. The number of hydrogen-bond acceptors (Lipinski definition) is 4. The highest BCUT2D eigenvalue weighted by molar-refractivity contribution is 7.99. The Morgan fingerprint density at radius 1 is 0.895 bits per heavy atom. The SMILES string of the molecule is CC1=CC2C(C=C1)S(=O)(=O)c1ccccc1S2(=O)=O. The van der Waals surface area contributed by atoms with Crippen LogP contribution >= 0.6 is 0 Å². The van der Waals surface area contributed by atoms with Crippen LogP contribution in [0.3, 0.4) is 0 Å². The van der Waals surface area contributed by atoms with Crippen LogP contribution in [0.2, 0.25) is 0 Å². The second kappa shape index (κ2) is 3.80. The van der Waals surface area contributed by atoms with E-state index in [9.17, 15) is 16.8 Å². The monoisotopic (exact) mass is 296 g/mol. The Kier molecular flexibility index (Phi) is 2.53. The summed E-state index contributed by atoms with van der Waals surface area (Å²) in [7, 11) is -7.30. The van der Waals surface area contributed by atoms with Gasteiger partial charge in [-0.2, -0.15) is 0 Å². The molecule has 0 saturated heterocycles. The molecule has 0 fully saturated rings. The first-order valence-electron chi connectivity index (χ1n) is 5.78. The van der Waals surface area contributed by atoms with Crippen LogP contribution in [-0.2, 0) is 19.7 Å². The zero-order valence-electron chi connectivity index (χ0n) is 10.1. The molecular formula is C13H12O4S2. The van der Waals surface area contributed by atoms with Gasteiger partial charge in [0, 0.05) is 0 Å². The molecule has 0 saturated carbocycles. The minimum Gasteiger partial charge on any atom is -0.223 e. The van der Waals surface area contributed by atoms with Crippen LogP contribution < -0.4 is 0 Å². The van der Waals surface area contributed by atoms with Crippen molar-refractivity contribution in [2.45, 2.75) is 27.2 Å². The molecule has 0 bridgehead atoms. The Hall–Kier alpha value is -1.40. The third-order valence-electron chi connectivity index (χ3n) is 3.48. The van der Waals surface area contributed by atoms with Crippen LogP contribution in [0.5, 0.6) is 0 Å². The molecule has 1 aromatic rings. The van der Waals surface area contributed by atoms with Gasteiger partial charge in [0.15, 0.2) is 19.7 Å². The lowest BCUT2D eigenvalue weighted by molar-refractivity contribution is 0.559. The molecule has 2 unspecified atom stereocenters. The lowest BCUT2D eigenvalue weighted by atomic mass is 10.1. The Morgan fingerprint density at radius 3 is 2.00 bits per heavy atom. The van der Waals surface area contributed by atoms with Crippen LogP contribution in [0.1, 0.15) is 6.92 Å². The Balaban J connectivity index is 2.41. The molecule has 0 spiro atoms. The molecule has 1 aliphatic heterocycles. The zero-order valence-corrected chi connectivity index (χ0v) is 11.8. The predicted octanol–water partition coefficient (Wildman–Crippen LogP) is 1.50. The summed E-state index contributed by atoms with van der Waals surface area (Å²) in [6.45, 7) is 1.76. The summed E-state index contributed by atoms with van der Waals surface area (Å²) in [5.74, 6) is 0. The van der Waals surface area contributed by atoms with Crippen molar-refractivity contribution in [1.82, 2.24) is 0 Å². The minimum atomic E-state index is -3.65. The van der Waals surface area contributed by atoms with Gasteiger partial charge in [0.05, 0.1) is 9.79 Å². The molecule has 3 rings (SSSR count). The van der Waals surface area contributed by atoms with Crippen LogP contribution in [0.25, 0.3) is 0 Å². The summed E-state index contributed by atoms with van der Waals surface area (Å²) in [4.78, 5) is -0.176. The molecule has 2 aliphatic rings. The maximum atomic E-state index is 12.5.